The molecule has 12 heteroatoms. The van der Waals surface area contributed by atoms with Gasteiger partial charge in [0.05, 0.1) is 10.4 Å². The summed E-state index contributed by atoms with van der Waals surface area (Å²) in [6.07, 6.45) is 2.39. The highest BCUT2D eigenvalue weighted by molar-refractivity contribution is 7.54. The molecule has 0 aliphatic rings. The Balaban J connectivity index is 1.90. The zero-order valence-electron chi connectivity index (χ0n) is 19.5. The Hall–Kier alpha value is -2.26. The van der Waals surface area contributed by atoms with Crippen LogP contribution in [0.3, 0.4) is 0 Å². The predicted molar refractivity (Wildman–Crippen MR) is 139 cm³/mol. The van der Waals surface area contributed by atoms with Crippen molar-refractivity contribution in [1.82, 2.24) is 5.32 Å². The number of hydrogen-bond donors (Lipinski definition) is 2. The minimum Gasteiger partial charge on any atom is -0.438 e. The average molecular weight is 574 g/mol. The molecule has 0 spiro atoms. The molecule has 0 saturated heterocycles. The zero-order chi connectivity index (χ0) is 26.7. The maximum Gasteiger partial charge on any atom is 0.347 e. The van der Waals surface area contributed by atoms with Gasteiger partial charge in [-0.15, -0.1) is 11.3 Å². The van der Waals surface area contributed by atoms with Gasteiger partial charge in [0, 0.05) is 21.5 Å². The number of carbonyl (C=O) groups excluding carboxylic acids is 2. The smallest absolute Gasteiger partial charge is 0.347 e. The molecule has 0 saturated carbocycles. The normalized spacial score (nSPS) is 14.5. The molecular formula is C24H23Cl2FNO6PS. The molecule has 0 aliphatic carbocycles. The molecule has 3 aromatic rings. The molecule has 1 amide bonds. The van der Waals surface area contributed by atoms with Crippen LogP contribution in [-0.2, 0) is 23.4 Å². The summed E-state index contributed by atoms with van der Waals surface area (Å²) >= 11 is 13.1. The lowest BCUT2D eigenvalue weighted by atomic mass is 9.98. The molecule has 1 heterocycles. The van der Waals surface area contributed by atoms with E-state index in [9.17, 15) is 23.4 Å². The van der Waals surface area contributed by atoms with Crippen LogP contribution >= 0.6 is 42.1 Å². The van der Waals surface area contributed by atoms with E-state index in [1.165, 1.54) is 35.6 Å². The number of amides is 1. The Kier molecular flexibility index (Phi) is 8.98. The van der Waals surface area contributed by atoms with Crippen LogP contribution in [0.15, 0.2) is 48.0 Å². The number of benzene rings is 2. The number of carbonyl (C=O) groups is 2. The van der Waals surface area contributed by atoms with Crippen LogP contribution in [0.5, 0.6) is 0 Å². The first-order chi connectivity index (χ1) is 16.8. The quantitative estimate of drug-likeness (QED) is 0.172. The van der Waals surface area contributed by atoms with Crippen LogP contribution in [0.4, 0.5) is 4.39 Å². The van der Waals surface area contributed by atoms with Gasteiger partial charge in [0.15, 0.2) is 5.66 Å². The molecule has 0 aliphatic heterocycles. The molecule has 0 bridgehead atoms. The Labute approximate surface area is 221 Å². The highest BCUT2D eigenvalue weighted by atomic mass is 35.5. The van der Waals surface area contributed by atoms with Crippen molar-refractivity contribution in [2.75, 3.05) is 6.79 Å². The van der Waals surface area contributed by atoms with Crippen molar-refractivity contribution in [2.24, 2.45) is 5.41 Å². The number of rotatable bonds is 8. The van der Waals surface area contributed by atoms with E-state index >= 15 is 0 Å². The SMILES string of the molecule is CC(C)(C)C(=O)OCOP(=O)(O)C(C(=O)NC=Cc1cccc(Cl)c1F)c1csc2ccc(Cl)cc12. The minimum absolute atomic E-state index is 0.0963. The van der Waals surface area contributed by atoms with Gasteiger partial charge in [0.1, 0.15) is 5.82 Å². The number of nitrogens with one attached hydrogen (secondary N) is 1. The number of halogens is 3. The third kappa shape index (κ3) is 6.73. The van der Waals surface area contributed by atoms with Gasteiger partial charge in [0.25, 0.3) is 0 Å². The standard InChI is InChI=1S/C24H23Cl2FNO6PS/c1-24(2,3)23(30)33-13-34-35(31,32)21(17-12-36-19-8-7-15(25)11-16(17)19)22(29)28-10-9-14-5-4-6-18(26)20(14)27/h4-12,21H,13H2,1-3H3,(H,28,29)(H,31,32). The predicted octanol–water partition coefficient (Wildman–Crippen LogP) is 6.92. The third-order valence-corrected chi connectivity index (χ3v) is 8.09. The van der Waals surface area contributed by atoms with Crippen molar-refractivity contribution < 1.29 is 32.7 Å². The maximum absolute atomic E-state index is 14.1. The van der Waals surface area contributed by atoms with E-state index in [0.717, 1.165) is 10.9 Å². The number of thiophene rings is 1. The molecule has 1 aromatic heterocycles. The van der Waals surface area contributed by atoms with Crippen LogP contribution in [0.2, 0.25) is 10.0 Å². The van der Waals surface area contributed by atoms with Crippen molar-refractivity contribution >= 4 is 70.2 Å². The Morgan fingerprint density at radius 3 is 2.67 bits per heavy atom. The summed E-state index contributed by atoms with van der Waals surface area (Å²) in [5.74, 6) is -2.24. The van der Waals surface area contributed by atoms with Gasteiger partial charge in [-0.25, -0.2) is 4.39 Å². The summed E-state index contributed by atoms with van der Waals surface area (Å²) in [4.78, 5) is 36.0. The maximum atomic E-state index is 14.1. The van der Waals surface area contributed by atoms with Gasteiger partial charge in [-0.1, -0.05) is 35.3 Å². The molecule has 0 radical (unpaired) electrons. The average Bonchev–Trinajstić information content (AvgIpc) is 3.18. The lowest BCUT2D eigenvalue weighted by molar-refractivity contribution is -0.159. The topological polar surface area (TPSA) is 102 Å². The Bertz CT molecular complexity index is 1370. The molecule has 2 aromatic carbocycles. The van der Waals surface area contributed by atoms with Crippen molar-refractivity contribution in [2.45, 2.75) is 26.4 Å². The second-order valence-electron chi connectivity index (χ2n) is 8.71. The first-order valence-corrected chi connectivity index (χ1v) is 13.8. The Morgan fingerprint density at radius 2 is 1.97 bits per heavy atom. The molecule has 36 heavy (non-hydrogen) atoms. The van der Waals surface area contributed by atoms with E-state index < -0.39 is 43.2 Å². The fraction of sp³-hybridized carbons (Fsp3) is 0.250. The first kappa shape index (κ1) is 28.3. The second kappa shape index (κ2) is 11.4. The van der Waals surface area contributed by atoms with Gasteiger partial charge in [-0.05, 0) is 67.4 Å². The summed E-state index contributed by atoms with van der Waals surface area (Å²) in [7, 11) is -4.76. The van der Waals surface area contributed by atoms with Crippen molar-refractivity contribution in [1.29, 1.82) is 0 Å². The fourth-order valence-corrected chi connectivity index (χ4v) is 5.80. The lowest BCUT2D eigenvalue weighted by Gasteiger charge is -2.22. The molecule has 2 unspecified atom stereocenters. The van der Waals surface area contributed by atoms with Crippen LogP contribution in [-0.4, -0.2) is 23.6 Å². The van der Waals surface area contributed by atoms with Crippen LogP contribution in [0.1, 0.15) is 37.6 Å². The van der Waals surface area contributed by atoms with Crippen molar-refractivity contribution in [3.05, 3.63) is 75.0 Å². The molecule has 0 fully saturated rings. The number of fused-ring (bicyclic) bond motifs is 1. The number of esters is 1. The second-order valence-corrected chi connectivity index (χ2v) is 12.4. The molecular weight excluding hydrogens is 551 g/mol. The largest absolute Gasteiger partial charge is 0.438 e. The fourth-order valence-electron chi connectivity index (χ4n) is 3.09. The van der Waals surface area contributed by atoms with E-state index in [2.05, 4.69) is 5.32 Å². The van der Waals surface area contributed by atoms with E-state index in [4.69, 9.17) is 32.5 Å². The molecule has 7 nitrogen and oxygen atoms in total. The highest BCUT2D eigenvalue weighted by Crippen LogP contribution is 2.58. The van der Waals surface area contributed by atoms with Gasteiger partial charge in [-0.3, -0.25) is 18.7 Å². The number of hydrogen-bond acceptors (Lipinski definition) is 6. The van der Waals surface area contributed by atoms with Crippen LogP contribution in [0.25, 0.3) is 16.2 Å². The van der Waals surface area contributed by atoms with Gasteiger partial charge >= 0.3 is 13.6 Å². The minimum atomic E-state index is -4.76. The summed E-state index contributed by atoms with van der Waals surface area (Å²) in [6, 6.07) is 9.30. The van der Waals surface area contributed by atoms with E-state index in [0.29, 0.717) is 10.4 Å². The molecule has 2 atom stereocenters. The van der Waals surface area contributed by atoms with Crippen LogP contribution < -0.4 is 5.32 Å². The first-order valence-electron chi connectivity index (χ1n) is 10.5. The lowest BCUT2D eigenvalue weighted by Crippen LogP contribution is -2.27. The van der Waals surface area contributed by atoms with Crippen molar-refractivity contribution in [3.63, 3.8) is 0 Å². The van der Waals surface area contributed by atoms with Gasteiger partial charge < -0.3 is 14.9 Å². The van der Waals surface area contributed by atoms with Gasteiger partial charge in [-0.2, -0.15) is 0 Å². The van der Waals surface area contributed by atoms with Crippen LogP contribution in [0, 0.1) is 11.2 Å². The van der Waals surface area contributed by atoms with E-state index in [1.807, 2.05) is 0 Å². The number of ether oxygens (including phenoxy) is 1. The summed E-state index contributed by atoms with van der Waals surface area (Å²) in [5, 5.41) is 4.71. The van der Waals surface area contributed by atoms with E-state index in [-0.39, 0.29) is 16.1 Å². The summed E-state index contributed by atoms with van der Waals surface area (Å²) < 4.78 is 38.2. The molecule has 2 N–H and O–H groups in total. The molecule has 3 rings (SSSR count). The summed E-state index contributed by atoms with van der Waals surface area (Å²) in [5.41, 5.74) is -2.26. The van der Waals surface area contributed by atoms with Gasteiger partial charge in [0.2, 0.25) is 12.7 Å². The highest BCUT2D eigenvalue weighted by Gasteiger charge is 2.42. The Morgan fingerprint density at radius 1 is 1.25 bits per heavy atom. The third-order valence-electron chi connectivity index (χ3n) is 4.94. The molecule has 192 valence electrons. The zero-order valence-corrected chi connectivity index (χ0v) is 22.7. The monoisotopic (exact) mass is 573 g/mol. The summed E-state index contributed by atoms with van der Waals surface area (Å²) in [6.45, 7) is 4.00. The van der Waals surface area contributed by atoms with Crippen molar-refractivity contribution in [3.8, 4) is 0 Å². The van der Waals surface area contributed by atoms with E-state index in [1.54, 1.807) is 44.4 Å².